The van der Waals surface area contributed by atoms with Crippen LogP contribution < -0.4 is 5.73 Å². The second kappa shape index (κ2) is 5.74. The van der Waals surface area contributed by atoms with E-state index < -0.39 is 0 Å². The average Bonchev–Trinajstić information content (AvgIpc) is 2.56. The van der Waals surface area contributed by atoms with Crippen molar-refractivity contribution in [2.24, 2.45) is 10.7 Å². The third kappa shape index (κ3) is 2.45. The molecule has 3 rings (SSSR count). The van der Waals surface area contributed by atoms with Gasteiger partial charge in [-0.25, -0.2) is 4.99 Å². The lowest BCUT2D eigenvalue weighted by atomic mass is 9.95. The van der Waals surface area contributed by atoms with Crippen LogP contribution in [0.25, 0.3) is 0 Å². The lowest BCUT2D eigenvalue weighted by Gasteiger charge is -2.36. The first kappa shape index (κ1) is 13.9. The highest BCUT2D eigenvalue weighted by atomic mass is 15.3. The van der Waals surface area contributed by atoms with E-state index in [2.05, 4.69) is 17.6 Å². The van der Waals surface area contributed by atoms with Crippen molar-refractivity contribution in [3.8, 4) is 6.07 Å². The molecule has 0 saturated heterocycles. The van der Waals surface area contributed by atoms with Crippen LogP contribution in [0.2, 0.25) is 0 Å². The minimum atomic E-state index is -0.279. The van der Waals surface area contributed by atoms with Crippen LogP contribution in [0.1, 0.15) is 17.2 Å². The quantitative estimate of drug-likeness (QED) is 0.881. The van der Waals surface area contributed by atoms with Crippen molar-refractivity contribution in [1.29, 1.82) is 5.26 Å². The van der Waals surface area contributed by atoms with E-state index in [0.29, 0.717) is 18.1 Å². The van der Waals surface area contributed by atoms with Crippen LogP contribution in [0.3, 0.4) is 0 Å². The number of para-hydroxylation sites is 1. The van der Waals surface area contributed by atoms with Gasteiger partial charge >= 0.3 is 0 Å². The van der Waals surface area contributed by atoms with Crippen molar-refractivity contribution in [3.63, 3.8) is 0 Å². The van der Waals surface area contributed by atoms with Gasteiger partial charge in [-0.05, 0) is 11.6 Å². The molecule has 1 aliphatic rings. The number of benzene rings is 2. The molecular formula is C18H16N4. The lowest BCUT2D eigenvalue weighted by Crippen LogP contribution is -2.42. The number of guanidine groups is 1. The van der Waals surface area contributed by atoms with Crippen LogP contribution in [0.4, 0.5) is 5.69 Å². The predicted octanol–water partition coefficient (Wildman–Crippen LogP) is 3.27. The summed E-state index contributed by atoms with van der Waals surface area (Å²) in [5.41, 5.74) is 9.47. The number of rotatable bonds is 3. The van der Waals surface area contributed by atoms with Gasteiger partial charge in [0, 0.05) is 17.7 Å². The Morgan fingerprint density at radius 3 is 2.59 bits per heavy atom. The Balaban J connectivity index is 2.05. The summed E-state index contributed by atoms with van der Waals surface area (Å²) in [6, 6.07) is 19.6. The fourth-order valence-corrected chi connectivity index (χ4v) is 2.70. The zero-order chi connectivity index (χ0) is 15.5. The van der Waals surface area contributed by atoms with E-state index in [9.17, 15) is 5.26 Å². The van der Waals surface area contributed by atoms with Gasteiger partial charge in [0.05, 0.1) is 17.8 Å². The molecule has 22 heavy (non-hydrogen) atoms. The van der Waals surface area contributed by atoms with Crippen molar-refractivity contribution >= 4 is 11.6 Å². The van der Waals surface area contributed by atoms with Crippen LogP contribution >= 0.6 is 0 Å². The third-order valence-electron chi connectivity index (χ3n) is 3.74. The molecule has 0 amide bonds. The van der Waals surface area contributed by atoms with Gasteiger partial charge in [-0.3, -0.25) is 0 Å². The predicted molar refractivity (Wildman–Crippen MR) is 87.2 cm³/mol. The number of aliphatic imine (C=N–C) groups is 1. The number of nitrogens with two attached hydrogens (primary N) is 1. The van der Waals surface area contributed by atoms with E-state index in [4.69, 9.17) is 5.73 Å². The SMILES string of the molecule is C=C(C#N)C1c2ccccc2N=C(N)N1Cc1ccccc1. The van der Waals surface area contributed by atoms with Gasteiger partial charge in [0.2, 0.25) is 0 Å². The van der Waals surface area contributed by atoms with Crippen molar-refractivity contribution in [1.82, 2.24) is 4.90 Å². The summed E-state index contributed by atoms with van der Waals surface area (Å²) in [6.07, 6.45) is 0. The smallest absolute Gasteiger partial charge is 0.197 e. The van der Waals surface area contributed by atoms with E-state index in [1.807, 2.05) is 59.5 Å². The fourth-order valence-electron chi connectivity index (χ4n) is 2.70. The van der Waals surface area contributed by atoms with Gasteiger partial charge in [-0.15, -0.1) is 0 Å². The van der Waals surface area contributed by atoms with Crippen LogP contribution in [0, 0.1) is 11.3 Å². The highest BCUT2D eigenvalue weighted by Gasteiger charge is 2.30. The molecule has 1 heterocycles. The molecule has 4 heteroatoms. The largest absolute Gasteiger partial charge is 0.369 e. The molecule has 0 saturated carbocycles. The Morgan fingerprint density at radius 1 is 1.18 bits per heavy atom. The van der Waals surface area contributed by atoms with Gasteiger partial charge in [0.15, 0.2) is 5.96 Å². The first-order valence-electron chi connectivity index (χ1n) is 7.03. The Morgan fingerprint density at radius 2 is 1.86 bits per heavy atom. The maximum atomic E-state index is 9.33. The molecule has 2 N–H and O–H groups in total. The summed E-state index contributed by atoms with van der Waals surface area (Å²) in [7, 11) is 0. The number of hydrogen-bond donors (Lipinski definition) is 1. The van der Waals surface area contributed by atoms with Gasteiger partial charge in [-0.1, -0.05) is 55.1 Å². The molecule has 4 nitrogen and oxygen atoms in total. The van der Waals surface area contributed by atoms with Crippen molar-refractivity contribution in [2.75, 3.05) is 0 Å². The standard InChI is InChI=1S/C18H16N4/c1-13(11-19)17-15-9-5-6-10-16(15)21-18(20)22(17)12-14-7-3-2-4-8-14/h2-10,17H,1,12H2,(H2,20,21). The summed E-state index contributed by atoms with van der Waals surface area (Å²) in [4.78, 5) is 6.38. The second-order valence-electron chi connectivity index (χ2n) is 5.18. The summed E-state index contributed by atoms with van der Waals surface area (Å²) in [6.45, 7) is 4.49. The minimum Gasteiger partial charge on any atom is -0.369 e. The van der Waals surface area contributed by atoms with Gasteiger partial charge < -0.3 is 10.6 Å². The number of nitriles is 1. The second-order valence-corrected chi connectivity index (χ2v) is 5.18. The molecule has 2 aromatic carbocycles. The minimum absolute atomic E-state index is 0.279. The Labute approximate surface area is 129 Å². The average molecular weight is 288 g/mol. The van der Waals surface area contributed by atoms with E-state index in [1.165, 1.54) is 0 Å². The lowest BCUT2D eigenvalue weighted by molar-refractivity contribution is 0.341. The van der Waals surface area contributed by atoms with Crippen molar-refractivity contribution in [3.05, 3.63) is 77.9 Å². The molecule has 0 bridgehead atoms. The zero-order valence-electron chi connectivity index (χ0n) is 12.1. The van der Waals surface area contributed by atoms with Crippen LogP contribution in [0.5, 0.6) is 0 Å². The topological polar surface area (TPSA) is 65.4 Å². The first-order valence-corrected chi connectivity index (χ1v) is 7.03. The highest BCUT2D eigenvalue weighted by Crippen LogP contribution is 2.38. The van der Waals surface area contributed by atoms with E-state index >= 15 is 0 Å². The number of hydrogen-bond acceptors (Lipinski definition) is 4. The maximum Gasteiger partial charge on any atom is 0.197 e. The summed E-state index contributed by atoms with van der Waals surface area (Å²) in [5.74, 6) is 0.406. The first-order chi connectivity index (χ1) is 10.7. The van der Waals surface area contributed by atoms with Gasteiger partial charge in [0.25, 0.3) is 0 Å². The molecule has 108 valence electrons. The highest BCUT2D eigenvalue weighted by molar-refractivity contribution is 5.85. The van der Waals surface area contributed by atoms with Crippen molar-refractivity contribution in [2.45, 2.75) is 12.6 Å². The van der Waals surface area contributed by atoms with Gasteiger partial charge in [-0.2, -0.15) is 5.26 Å². The van der Waals surface area contributed by atoms with E-state index in [0.717, 1.165) is 16.8 Å². The fraction of sp³-hybridized carbons (Fsp3) is 0.111. The molecule has 0 fully saturated rings. The van der Waals surface area contributed by atoms with Crippen molar-refractivity contribution < 1.29 is 0 Å². The summed E-state index contributed by atoms with van der Waals surface area (Å²) >= 11 is 0. The summed E-state index contributed by atoms with van der Waals surface area (Å²) in [5, 5.41) is 9.33. The zero-order valence-corrected chi connectivity index (χ0v) is 12.1. The Bertz CT molecular complexity index is 771. The molecule has 0 aliphatic carbocycles. The van der Waals surface area contributed by atoms with E-state index in [-0.39, 0.29) is 6.04 Å². The number of nitrogens with zero attached hydrogens (tertiary/aromatic N) is 3. The molecule has 0 aromatic heterocycles. The molecule has 1 unspecified atom stereocenters. The van der Waals surface area contributed by atoms with Crippen LogP contribution in [0.15, 0.2) is 71.7 Å². The molecule has 0 spiro atoms. The Kier molecular flexibility index (Phi) is 3.63. The van der Waals surface area contributed by atoms with Gasteiger partial charge in [0.1, 0.15) is 0 Å². The molecular weight excluding hydrogens is 272 g/mol. The number of fused-ring (bicyclic) bond motifs is 1. The third-order valence-corrected chi connectivity index (χ3v) is 3.74. The summed E-state index contributed by atoms with van der Waals surface area (Å²) < 4.78 is 0. The monoisotopic (exact) mass is 288 g/mol. The maximum absolute atomic E-state index is 9.33. The van der Waals surface area contributed by atoms with E-state index in [1.54, 1.807) is 0 Å². The molecule has 0 radical (unpaired) electrons. The normalized spacial score (nSPS) is 16.4. The molecule has 2 aromatic rings. The Hall–Kier alpha value is -3.06. The molecule has 1 aliphatic heterocycles. The molecule has 1 atom stereocenters. The van der Waals surface area contributed by atoms with Crippen LogP contribution in [-0.2, 0) is 6.54 Å². The van der Waals surface area contributed by atoms with Crippen LogP contribution in [-0.4, -0.2) is 10.9 Å².